The first-order valence-electron chi connectivity index (χ1n) is 5.64. The number of aromatic carboxylic acids is 1. The summed E-state index contributed by atoms with van der Waals surface area (Å²) in [4.78, 5) is 12.5. The predicted molar refractivity (Wildman–Crippen MR) is 64.2 cm³/mol. The largest absolute Gasteiger partial charge is 1.00 e. The summed E-state index contributed by atoms with van der Waals surface area (Å²) >= 11 is 0. The van der Waals surface area contributed by atoms with E-state index in [-0.39, 0.29) is 27.9 Å². The van der Waals surface area contributed by atoms with Crippen LogP contribution in [0, 0.1) is 0 Å². The molecule has 0 radical (unpaired) electrons. The van der Waals surface area contributed by atoms with Gasteiger partial charge in [0.15, 0.2) is 0 Å². The number of hydrogen-bond acceptors (Lipinski definition) is 3. The van der Waals surface area contributed by atoms with Crippen molar-refractivity contribution in [3.8, 4) is 0 Å². The van der Waals surface area contributed by atoms with Crippen LogP contribution in [0.5, 0.6) is 0 Å². The van der Waals surface area contributed by atoms with Gasteiger partial charge >= 0.3 is 22.4 Å². The molecule has 100 valence electrons. The molecule has 0 saturated carbocycles. The summed E-state index contributed by atoms with van der Waals surface area (Å²) in [6.07, 6.45) is 0. The second kappa shape index (κ2) is 11.9. The SMILES string of the molecule is CCN(CC)CC.O=C([O-])c1ccccc1.[Ag+]. The topological polar surface area (TPSA) is 43.4 Å². The van der Waals surface area contributed by atoms with E-state index in [1.54, 1.807) is 18.2 Å². The molecule has 0 atom stereocenters. The van der Waals surface area contributed by atoms with Crippen molar-refractivity contribution in [2.45, 2.75) is 20.8 Å². The quantitative estimate of drug-likeness (QED) is 0.784. The van der Waals surface area contributed by atoms with Crippen LogP contribution >= 0.6 is 0 Å². The van der Waals surface area contributed by atoms with Crippen LogP contribution in [0.25, 0.3) is 0 Å². The van der Waals surface area contributed by atoms with Gasteiger partial charge in [-0.25, -0.2) is 0 Å². The Morgan fingerprint density at radius 3 is 1.65 bits per heavy atom. The van der Waals surface area contributed by atoms with Crippen molar-refractivity contribution in [3.05, 3.63) is 35.9 Å². The molecule has 1 rings (SSSR count). The molecule has 0 aliphatic heterocycles. The zero-order valence-corrected chi connectivity index (χ0v) is 12.1. The Kier molecular flexibility index (Phi) is 13.1. The molecule has 0 aromatic heterocycles. The Labute approximate surface area is 119 Å². The van der Waals surface area contributed by atoms with E-state index < -0.39 is 5.97 Å². The molecule has 0 fully saturated rings. The first-order valence-corrected chi connectivity index (χ1v) is 5.64. The number of carbonyl (C=O) groups is 1. The Morgan fingerprint density at radius 2 is 1.47 bits per heavy atom. The maximum Gasteiger partial charge on any atom is 1.00 e. The molecule has 4 heteroatoms. The van der Waals surface area contributed by atoms with Gasteiger partial charge in [-0.15, -0.1) is 0 Å². The van der Waals surface area contributed by atoms with Gasteiger partial charge in [0.2, 0.25) is 0 Å². The van der Waals surface area contributed by atoms with Gasteiger partial charge < -0.3 is 14.8 Å². The molecule has 1 aromatic rings. The van der Waals surface area contributed by atoms with E-state index in [1.165, 1.54) is 31.8 Å². The average molecular weight is 330 g/mol. The second-order valence-corrected chi connectivity index (χ2v) is 3.27. The summed E-state index contributed by atoms with van der Waals surface area (Å²) in [5.41, 5.74) is 0.220. The van der Waals surface area contributed by atoms with Crippen LogP contribution in [0.15, 0.2) is 30.3 Å². The first kappa shape index (κ1) is 18.7. The third kappa shape index (κ3) is 9.12. The normalized spacial score (nSPS) is 8.94. The molecule has 17 heavy (non-hydrogen) atoms. The van der Waals surface area contributed by atoms with E-state index in [0.717, 1.165) is 0 Å². The zero-order valence-electron chi connectivity index (χ0n) is 10.6. The van der Waals surface area contributed by atoms with Crippen LogP contribution in [0.3, 0.4) is 0 Å². The van der Waals surface area contributed by atoms with Crippen LogP contribution < -0.4 is 5.11 Å². The van der Waals surface area contributed by atoms with Crippen LogP contribution in [0.4, 0.5) is 0 Å². The van der Waals surface area contributed by atoms with E-state index >= 15 is 0 Å². The summed E-state index contributed by atoms with van der Waals surface area (Å²) in [7, 11) is 0. The van der Waals surface area contributed by atoms with Crippen LogP contribution in [0.2, 0.25) is 0 Å². The maximum absolute atomic E-state index is 10.1. The molecule has 0 aliphatic rings. The van der Waals surface area contributed by atoms with Crippen LogP contribution in [-0.4, -0.2) is 30.5 Å². The smallest absolute Gasteiger partial charge is 0.545 e. The Morgan fingerprint density at radius 1 is 1.06 bits per heavy atom. The van der Waals surface area contributed by atoms with E-state index in [4.69, 9.17) is 0 Å². The van der Waals surface area contributed by atoms with E-state index in [1.807, 2.05) is 0 Å². The van der Waals surface area contributed by atoms with Gasteiger partial charge in [0.1, 0.15) is 0 Å². The molecular weight excluding hydrogens is 310 g/mol. The van der Waals surface area contributed by atoms with E-state index in [0.29, 0.717) is 0 Å². The minimum absolute atomic E-state index is 0. The van der Waals surface area contributed by atoms with Crippen molar-refractivity contribution < 1.29 is 32.3 Å². The fourth-order valence-corrected chi connectivity index (χ4v) is 1.25. The van der Waals surface area contributed by atoms with Crippen molar-refractivity contribution >= 4 is 5.97 Å². The third-order valence-electron chi connectivity index (χ3n) is 2.35. The molecule has 0 N–H and O–H groups in total. The molecule has 0 heterocycles. The van der Waals surface area contributed by atoms with Crippen molar-refractivity contribution in [3.63, 3.8) is 0 Å². The molecule has 0 amide bonds. The third-order valence-corrected chi connectivity index (χ3v) is 2.35. The van der Waals surface area contributed by atoms with Gasteiger partial charge in [-0.2, -0.15) is 0 Å². The van der Waals surface area contributed by atoms with Gasteiger partial charge in [0, 0.05) is 0 Å². The first-order chi connectivity index (χ1) is 7.65. The summed E-state index contributed by atoms with van der Waals surface area (Å²) < 4.78 is 0. The number of carboxylic acid groups (broad SMARTS) is 1. The number of carboxylic acids is 1. The van der Waals surface area contributed by atoms with Gasteiger partial charge in [-0.3, -0.25) is 0 Å². The number of carbonyl (C=O) groups excluding carboxylic acids is 1. The van der Waals surface area contributed by atoms with Crippen molar-refractivity contribution in [2.24, 2.45) is 0 Å². The van der Waals surface area contributed by atoms with E-state index in [2.05, 4.69) is 25.7 Å². The van der Waals surface area contributed by atoms with E-state index in [9.17, 15) is 9.90 Å². The average Bonchev–Trinajstić information content (AvgIpc) is 2.33. The predicted octanol–water partition coefficient (Wildman–Crippen LogP) is 1.40. The molecule has 0 saturated heterocycles. The zero-order chi connectivity index (χ0) is 12.4. The fraction of sp³-hybridized carbons (Fsp3) is 0.462. The number of rotatable bonds is 4. The Hall–Kier alpha value is -0.610. The molecule has 0 unspecified atom stereocenters. The molecule has 0 aliphatic carbocycles. The van der Waals surface area contributed by atoms with Gasteiger partial charge in [-0.1, -0.05) is 51.1 Å². The number of benzene rings is 1. The minimum Gasteiger partial charge on any atom is -0.545 e. The van der Waals surface area contributed by atoms with Crippen LogP contribution in [-0.2, 0) is 22.4 Å². The van der Waals surface area contributed by atoms with Gasteiger partial charge in [0.05, 0.1) is 5.97 Å². The molecule has 0 spiro atoms. The standard InChI is InChI=1S/C7H6O2.C6H15N.Ag/c8-7(9)6-4-2-1-3-5-6;1-4-7(5-2)6-3;/h1-5H,(H,8,9);4-6H2,1-3H3;/q;;+1/p-1. The van der Waals surface area contributed by atoms with Crippen LogP contribution in [0.1, 0.15) is 31.1 Å². The number of hydrogen-bond donors (Lipinski definition) is 0. The second-order valence-electron chi connectivity index (χ2n) is 3.27. The minimum atomic E-state index is -1.13. The monoisotopic (exact) mass is 329 g/mol. The number of nitrogens with zero attached hydrogens (tertiary/aromatic N) is 1. The summed E-state index contributed by atoms with van der Waals surface area (Å²) in [5.74, 6) is -1.13. The summed E-state index contributed by atoms with van der Waals surface area (Å²) in [6.45, 7) is 10.1. The molecular formula is C13H20AgNO2. The Bertz CT molecular complexity index is 281. The van der Waals surface area contributed by atoms with Gasteiger partial charge in [-0.05, 0) is 25.2 Å². The fourth-order valence-electron chi connectivity index (χ4n) is 1.25. The molecule has 3 nitrogen and oxygen atoms in total. The summed E-state index contributed by atoms with van der Waals surface area (Å²) in [5, 5.41) is 10.1. The van der Waals surface area contributed by atoms with Crippen molar-refractivity contribution in [1.82, 2.24) is 4.90 Å². The summed E-state index contributed by atoms with van der Waals surface area (Å²) in [6, 6.07) is 8.06. The van der Waals surface area contributed by atoms with Gasteiger partial charge in [0.25, 0.3) is 0 Å². The van der Waals surface area contributed by atoms with Crippen molar-refractivity contribution in [2.75, 3.05) is 19.6 Å². The maximum atomic E-state index is 10.1. The Balaban J connectivity index is 0. The molecule has 0 bridgehead atoms. The van der Waals surface area contributed by atoms with Crippen molar-refractivity contribution in [1.29, 1.82) is 0 Å². The molecule has 1 aromatic carbocycles.